The number of nitrogens with one attached hydrogen (secondary N) is 1. The second-order valence-corrected chi connectivity index (χ2v) is 6.63. The third kappa shape index (κ3) is 3.24. The fourth-order valence-corrected chi connectivity index (χ4v) is 3.14. The van der Waals surface area contributed by atoms with E-state index in [-0.39, 0.29) is 12.3 Å². The maximum atomic E-state index is 12.3. The van der Waals surface area contributed by atoms with E-state index in [1.54, 1.807) is 18.5 Å². The quantitative estimate of drug-likeness (QED) is 0.684. The van der Waals surface area contributed by atoms with Gasteiger partial charge in [0.2, 0.25) is 5.91 Å². The van der Waals surface area contributed by atoms with Gasteiger partial charge in [0.15, 0.2) is 0 Å². The van der Waals surface area contributed by atoms with Crippen LogP contribution in [0.15, 0.2) is 65.9 Å². The number of anilines is 1. The number of aryl methyl sites for hydroxylation is 1. The Kier molecular flexibility index (Phi) is 4.27. The highest BCUT2D eigenvalue weighted by molar-refractivity contribution is 6.32. The predicted octanol–water partition coefficient (Wildman–Crippen LogP) is 5.17. The van der Waals surface area contributed by atoms with Crippen LogP contribution in [0.5, 0.6) is 0 Å². The Balaban J connectivity index is 1.80. The molecule has 5 heteroatoms. The number of carbonyl (C=O) groups is 1. The van der Waals surface area contributed by atoms with E-state index in [0.717, 1.165) is 28.0 Å². The number of amides is 1. The van der Waals surface area contributed by atoms with Gasteiger partial charge in [0.05, 0.1) is 23.5 Å². The zero-order valence-corrected chi connectivity index (χ0v) is 14.9. The molecule has 1 aliphatic rings. The lowest BCUT2D eigenvalue weighted by molar-refractivity contribution is -0.115. The zero-order valence-electron chi connectivity index (χ0n) is 14.2. The molecule has 0 bridgehead atoms. The van der Waals surface area contributed by atoms with Gasteiger partial charge in [-0.15, -0.1) is 0 Å². The van der Waals surface area contributed by atoms with Crippen LogP contribution in [0.4, 0.5) is 11.4 Å². The summed E-state index contributed by atoms with van der Waals surface area (Å²) in [6, 6.07) is 15.6. The molecular formula is C21H16ClN3O. The second-order valence-electron chi connectivity index (χ2n) is 6.22. The Morgan fingerprint density at radius 3 is 2.58 bits per heavy atom. The molecule has 2 aromatic carbocycles. The lowest BCUT2D eigenvalue weighted by Crippen LogP contribution is -2.15. The Labute approximate surface area is 156 Å². The maximum absolute atomic E-state index is 12.3. The molecule has 4 nitrogen and oxygen atoms in total. The number of rotatable bonds is 2. The van der Waals surface area contributed by atoms with Gasteiger partial charge in [-0.1, -0.05) is 29.8 Å². The molecule has 0 fully saturated rings. The van der Waals surface area contributed by atoms with E-state index in [0.29, 0.717) is 16.4 Å². The molecule has 0 atom stereocenters. The van der Waals surface area contributed by atoms with E-state index in [1.807, 2.05) is 49.4 Å². The summed E-state index contributed by atoms with van der Waals surface area (Å²) in [5.41, 5.74) is 6.03. The minimum absolute atomic E-state index is 0.0847. The number of halogens is 1. The van der Waals surface area contributed by atoms with Gasteiger partial charge in [-0.3, -0.25) is 14.8 Å². The Bertz CT molecular complexity index is 1030. The number of aliphatic imine (C=N–C) groups is 1. The van der Waals surface area contributed by atoms with Crippen molar-refractivity contribution in [2.75, 3.05) is 5.32 Å². The van der Waals surface area contributed by atoms with Crippen molar-refractivity contribution in [3.63, 3.8) is 0 Å². The Hall–Kier alpha value is -2.98. The maximum Gasteiger partial charge on any atom is 0.230 e. The molecule has 0 saturated heterocycles. The number of pyridine rings is 1. The van der Waals surface area contributed by atoms with Gasteiger partial charge in [0.1, 0.15) is 0 Å². The highest BCUT2D eigenvalue weighted by Gasteiger charge is 2.18. The van der Waals surface area contributed by atoms with Crippen LogP contribution < -0.4 is 5.32 Å². The number of hydrogen-bond acceptors (Lipinski definition) is 3. The normalized spacial score (nSPS) is 13.5. The fourth-order valence-electron chi connectivity index (χ4n) is 2.98. The molecule has 0 unspecified atom stereocenters. The van der Waals surface area contributed by atoms with Crippen LogP contribution in [0.1, 0.15) is 17.5 Å². The molecule has 0 radical (unpaired) electrons. The molecule has 1 amide bonds. The van der Waals surface area contributed by atoms with E-state index < -0.39 is 0 Å². The van der Waals surface area contributed by atoms with Crippen LogP contribution in [0.3, 0.4) is 0 Å². The van der Waals surface area contributed by atoms with Crippen molar-refractivity contribution < 1.29 is 4.79 Å². The summed E-state index contributed by atoms with van der Waals surface area (Å²) in [7, 11) is 0. The number of fused-ring (bicyclic) bond motifs is 1. The van der Waals surface area contributed by atoms with Gasteiger partial charge in [-0.25, -0.2) is 0 Å². The van der Waals surface area contributed by atoms with Gasteiger partial charge < -0.3 is 5.32 Å². The minimum Gasteiger partial charge on any atom is -0.324 e. The minimum atomic E-state index is -0.0847. The van der Waals surface area contributed by atoms with Crippen LogP contribution in [0.25, 0.3) is 11.1 Å². The summed E-state index contributed by atoms with van der Waals surface area (Å²) >= 11 is 6.25. The summed E-state index contributed by atoms with van der Waals surface area (Å²) in [6.07, 6.45) is 3.74. The van der Waals surface area contributed by atoms with Crippen LogP contribution >= 0.6 is 11.6 Å². The van der Waals surface area contributed by atoms with Crippen LogP contribution in [-0.2, 0) is 4.79 Å². The number of nitrogens with zero attached hydrogens (tertiary/aromatic N) is 2. The SMILES string of the molecule is Cc1cc2c(cc1Cl)N=C(c1cccc(-c3ccncc3)c1)CC(=O)N2. The number of aromatic nitrogens is 1. The molecule has 128 valence electrons. The highest BCUT2D eigenvalue weighted by Crippen LogP contribution is 2.34. The molecule has 1 aliphatic heterocycles. The summed E-state index contributed by atoms with van der Waals surface area (Å²) in [5.74, 6) is -0.0847. The van der Waals surface area contributed by atoms with Crippen molar-refractivity contribution in [3.05, 3.63) is 77.1 Å². The molecule has 4 rings (SSSR count). The first-order valence-corrected chi connectivity index (χ1v) is 8.66. The number of hydrogen-bond donors (Lipinski definition) is 1. The van der Waals surface area contributed by atoms with Crippen LogP contribution in [0.2, 0.25) is 5.02 Å². The summed E-state index contributed by atoms with van der Waals surface area (Å²) < 4.78 is 0. The third-order valence-electron chi connectivity index (χ3n) is 4.34. The van der Waals surface area contributed by atoms with Crippen molar-refractivity contribution in [2.24, 2.45) is 4.99 Å². The molecule has 0 saturated carbocycles. The van der Waals surface area contributed by atoms with Gasteiger partial charge in [-0.05, 0) is 59.5 Å². The number of carbonyl (C=O) groups excluding carboxylic acids is 1. The average Bonchev–Trinajstić information content (AvgIpc) is 2.81. The summed E-state index contributed by atoms with van der Waals surface area (Å²) in [4.78, 5) is 21.1. The molecule has 1 aromatic heterocycles. The van der Waals surface area contributed by atoms with E-state index in [9.17, 15) is 4.79 Å². The highest BCUT2D eigenvalue weighted by atomic mass is 35.5. The van der Waals surface area contributed by atoms with E-state index >= 15 is 0 Å². The van der Waals surface area contributed by atoms with E-state index in [2.05, 4.69) is 10.3 Å². The first-order chi connectivity index (χ1) is 12.6. The largest absolute Gasteiger partial charge is 0.324 e. The van der Waals surface area contributed by atoms with Crippen LogP contribution in [-0.4, -0.2) is 16.6 Å². The summed E-state index contributed by atoms with van der Waals surface area (Å²) in [6.45, 7) is 1.91. The molecule has 0 spiro atoms. The van der Waals surface area contributed by atoms with E-state index in [1.165, 1.54) is 0 Å². The molecule has 0 aliphatic carbocycles. The monoisotopic (exact) mass is 361 g/mol. The van der Waals surface area contributed by atoms with Gasteiger partial charge in [0, 0.05) is 17.4 Å². The van der Waals surface area contributed by atoms with Gasteiger partial charge >= 0.3 is 0 Å². The van der Waals surface area contributed by atoms with Gasteiger partial charge in [0.25, 0.3) is 0 Å². The van der Waals surface area contributed by atoms with Crippen molar-refractivity contribution in [3.8, 4) is 11.1 Å². The Morgan fingerprint density at radius 2 is 1.77 bits per heavy atom. The zero-order chi connectivity index (χ0) is 18.1. The second kappa shape index (κ2) is 6.73. The van der Waals surface area contributed by atoms with Crippen molar-refractivity contribution in [1.82, 2.24) is 4.98 Å². The van der Waals surface area contributed by atoms with Crippen LogP contribution in [0, 0.1) is 6.92 Å². The molecule has 26 heavy (non-hydrogen) atoms. The molecule has 2 heterocycles. The third-order valence-corrected chi connectivity index (χ3v) is 4.75. The van der Waals surface area contributed by atoms with Crippen molar-refractivity contribution in [2.45, 2.75) is 13.3 Å². The molecule has 3 aromatic rings. The average molecular weight is 362 g/mol. The predicted molar refractivity (Wildman–Crippen MR) is 105 cm³/mol. The molecular weight excluding hydrogens is 346 g/mol. The Morgan fingerprint density at radius 1 is 1.00 bits per heavy atom. The van der Waals surface area contributed by atoms with Gasteiger partial charge in [-0.2, -0.15) is 0 Å². The van der Waals surface area contributed by atoms with Crippen molar-refractivity contribution in [1.29, 1.82) is 0 Å². The number of benzene rings is 2. The fraction of sp³-hybridized carbons (Fsp3) is 0.0952. The first-order valence-electron chi connectivity index (χ1n) is 8.28. The summed E-state index contributed by atoms with van der Waals surface area (Å²) in [5, 5.41) is 3.55. The van der Waals surface area contributed by atoms with Crippen molar-refractivity contribution >= 4 is 34.6 Å². The smallest absolute Gasteiger partial charge is 0.230 e. The molecule has 1 N–H and O–H groups in total. The standard InChI is InChI=1S/C21H16ClN3O/c1-13-9-19-20(11-17(13)22)24-18(12-21(26)25-19)16-4-2-3-15(10-16)14-5-7-23-8-6-14/h2-11H,12H2,1H3,(H,25,26). The lowest BCUT2D eigenvalue weighted by atomic mass is 10.0. The van der Waals surface area contributed by atoms with E-state index in [4.69, 9.17) is 16.6 Å². The lowest BCUT2D eigenvalue weighted by Gasteiger charge is -2.07. The topological polar surface area (TPSA) is 54.4 Å². The first kappa shape index (κ1) is 16.5.